The molecule has 146 valence electrons. The van der Waals surface area contributed by atoms with Crippen molar-refractivity contribution in [3.8, 4) is 0 Å². The van der Waals surface area contributed by atoms with Crippen molar-refractivity contribution in [1.82, 2.24) is 5.32 Å². The average Bonchev–Trinajstić information content (AvgIpc) is 2.59. The molecule has 0 aliphatic carbocycles. The molecular weight excluding hydrogens is 318 g/mol. The predicted molar refractivity (Wildman–Crippen MR) is 101 cm³/mol. The number of nitrogens with one attached hydrogen (secondary N) is 1. The number of carbonyl (C=O) groups is 3. The maximum atomic E-state index is 11.7. The lowest BCUT2D eigenvalue weighted by Gasteiger charge is -2.11. The quantitative estimate of drug-likeness (QED) is 0.294. The van der Waals surface area contributed by atoms with Gasteiger partial charge in [0, 0.05) is 6.42 Å². The summed E-state index contributed by atoms with van der Waals surface area (Å²) in [5, 5.41) is 11.1. The second kappa shape index (κ2) is 16.1. The lowest BCUT2D eigenvalue weighted by atomic mass is 10.0. The Morgan fingerprint density at radius 1 is 0.760 bits per heavy atom. The fourth-order valence-corrected chi connectivity index (χ4v) is 2.82. The summed E-state index contributed by atoms with van der Waals surface area (Å²) in [6.07, 6.45) is 15.0. The van der Waals surface area contributed by atoms with E-state index in [0.717, 1.165) is 12.8 Å². The van der Waals surface area contributed by atoms with Gasteiger partial charge in [-0.25, -0.2) is 4.79 Å². The topological polar surface area (TPSA) is 83.5 Å². The number of ketones is 1. The third-order valence-electron chi connectivity index (χ3n) is 4.52. The van der Waals surface area contributed by atoms with Crippen LogP contribution < -0.4 is 5.32 Å². The van der Waals surface area contributed by atoms with Crippen LogP contribution in [0.5, 0.6) is 0 Å². The summed E-state index contributed by atoms with van der Waals surface area (Å²) < 4.78 is 0. The molecule has 0 radical (unpaired) electrons. The van der Waals surface area contributed by atoms with E-state index in [1.807, 2.05) is 0 Å². The Morgan fingerprint density at radius 2 is 1.20 bits per heavy atom. The van der Waals surface area contributed by atoms with Crippen molar-refractivity contribution >= 4 is 17.7 Å². The van der Waals surface area contributed by atoms with Gasteiger partial charge < -0.3 is 10.4 Å². The van der Waals surface area contributed by atoms with Crippen LogP contribution in [0.4, 0.5) is 0 Å². The van der Waals surface area contributed by atoms with Crippen molar-refractivity contribution in [1.29, 1.82) is 0 Å². The van der Waals surface area contributed by atoms with E-state index in [1.54, 1.807) is 6.92 Å². The second-order valence-electron chi connectivity index (χ2n) is 6.83. The first-order chi connectivity index (χ1) is 12.0. The molecule has 1 amide bonds. The normalized spacial score (nSPS) is 11.9. The molecule has 5 heteroatoms. The number of amides is 1. The van der Waals surface area contributed by atoms with Crippen LogP contribution in [0.15, 0.2) is 0 Å². The molecule has 0 bridgehead atoms. The van der Waals surface area contributed by atoms with Gasteiger partial charge in [-0.15, -0.1) is 0 Å². The molecular formula is C20H37NO4. The van der Waals surface area contributed by atoms with Gasteiger partial charge in [-0.05, 0) is 12.8 Å². The number of rotatable bonds is 17. The van der Waals surface area contributed by atoms with Gasteiger partial charge in [0.2, 0.25) is 5.78 Å². The molecule has 0 rings (SSSR count). The van der Waals surface area contributed by atoms with E-state index < -0.39 is 23.7 Å². The molecule has 0 saturated heterocycles. The van der Waals surface area contributed by atoms with Crippen molar-refractivity contribution in [2.45, 2.75) is 110 Å². The van der Waals surface area contributed by atoms with Crippen LogP contribution in [0.1, 0.15) is 104 Å². The van der Waals surface area contributed by atoms with Gasteiger partial charge in [0.25, 0.3) is 5.91 Å². The number of carboxylic acid groups (broad SMARTS) is 1. The Balaban J connectivity index is 3.51. The fourth-order valence-electron chi connectivity index (χ4n) is 2.82. The minimum atomic E-state index is -1.10. The Labute approximate surface area is 153 Å². The number of Topliss-reactive ketones (excluding diaryl/α,β-unsaturated/α-hetero) is 1. The third kappa shape index (κ3) is 13.6. The van der Waals surface area contributed by atoms with Crippen LogP contribution in [-0.2, 0) is 14.4 Å². The molecule has 0 aromatic heterocycles. The molecule has 1 atom stereocenters. The van der Waals surface area contributed by atoms with Crippen molar-refractivity contribution < 1.29 is 19.5 Å². The van der Waals surface area contributed by atoms with Crippen LogP contribution in [-0.4, -0.2) is 28.8 Å². The Morgan fingerprint density at radius 3 is 1.60 bits per heavy atom. The molecule has 25 heavy (non-hydrogen) atoms. The zero-order valence-electron chi connectivity index (χ0n) is 16.1. The van der Waals surface area contributed by atoms with E-state index in [2.05, 4.69) is 12.2 Å². The minimum Gasteiger partial charge on any atom is -0.480 e. The van der Waals surface area contributed by atoms with Gasteiger partial charge in [0.05, 0.1) is 0 Å². The van der Waals surface area contributed by atoms with Crippen molar-refractivity contribution in [2.75, 3.05) is 0 Å². The monoisotopic (exact) mass is 355 g/mol. The average molecular weight is 356 g/mol. The second-order valence-corrected chi connectivity index (χ2v) is 6.83. The molecule has 0 aromatic rings. The number of hydrogen-bond acceptors (Lipinski definition) is 3. The minimum absolute atomic E-state index is 0.208. The van der Waals surface area contributed by atoms with E-state index >= 15 is 0 Å². The lowest BCUT2D eigenvalue weighted by molar-refractivity contribution is -0.144. The molecule has 0 aliphatic rings. The maximum absolute atomic E-state index is 11.7. The molecule has 0 heterocycles. The van der Waals surface area contributed by atoms with Crippen molar-refractivity contribution in [3.05, 3.63) is 0 Å². The highest BCUT2D eigenvalue weighted by atomic mass is 16.4. The lowest BCUT2D eigenvalue weighted by Crippen LogP contribution is -2.43. The molecule has 0 aliphatic heterocycles. The largest absolute Gasteiger partial charge is 0.480 e. The van der Waals surface area contributed by atoms with E-state index in [-0.39, 0.29) is 12.8 Å². The zero-order valence-corrected chi connectivity index (χ0v) is 16.1. The van der Waals surface area contributed by atoms with Gasteiger partial charge in [-0.3, -0.25) is 9.59 Å². The summed E-state index contributed by atoms with van der Waals surface area (Å²) in [5.74, 6) is -2.38. The summed E-state index contributed by atoms with van der Waals surface area (Å²) in [6, 6.07) is -0.974. The standard InChI is InChI=1S/C20H37NO4/c1-3-5-6-7-8-9-10-11-12-13-14-15-16-18(22)19(23)21-17(4-2)20(24)25/h17H,3-16H2,1-2H3,(H,21,23)(H,24,25)/t17-/m0/s1. The Bertz CT molecular complexity index is 382. The van der Waals surface area contributed by atoms with Crippen LogP contribution in [0, 0.1) is 0 Å². The first-order valence-corrected chi connectivity index (χ1v) is 10.1. The van der Waals surface area contributed by atoms with Crippen LogP contribution >= 0.6 is 0 Å². The Kier molecular flexibility index (Phi) is 15.2. The smallest absolute Gasteiger partial charge is 0.326 e. The van der Waals surface area contributed by atoms with Crippen molar-refractivity contribution in [3.63, 3.8) is 0 Å². The molecule has 0 saturated carbocycles. The van der Waals surface area contributed by atoms with Gasteiger partial charge in [0.15, 0.2) is 0 Å². The molecule has 0 aromatic carbocycles. The highest BCUT2D eigenvalue weighted by Gasteiger charge is 2.21. The molecule has 0 fully saturated rings. The highest BCUT2D eigenvalue weighted by Crippen LogP contribution is 2.12. The zero-order chi connectivity index (χ0) is 18.9. The highest BCUT2D eigenvalue weighted by molar-refractivity contribution is 6.36. The molecule has 5 nitrogen and oxygen atoms in total. The summed E-state index contributed by atoms with van der Waals surface area (Å²) in [4.78, 5) is 34.2. The third-order valence-corrected chi connectivity index (χ3v) is 4.52. The Hall–Kier alpha value is -1.39. The van der Waals surface area contributed by atoms with E-state index in [4.69, 9.17) is 5.11 Å². The van der Waals surface area contributed by atoms with Crippen LogP contribution in [0.3, 0.4) is 0 Å². The number of aliphatic carboxylic acids is 1. The number of unbranched alkanes of at least 4 members (excludes halogenated alkanes) is 11. The summed E-state index contributed by atoms with van der Waals surface area (Å²) in [5.41, 5.74) is 0. The predicted octanol–water partition coefficient (Wildman–Crippen LogP) is 4.63. The summed E-state index contributed by atoms with van der Waals surface area (Å²) >= 11 is 0. The number of hydrogen-bond donors (Lipinski definition) is 2. The molecule has 0 spiro atoms. The van der Waals surface area contributed by atoms with Gasteiger partial charge in [0.1, 0.15) is 6.04 Å². The fraction of sp³-hybridized carbons (Fsp3) is 0.850. The van der Waals surface area contributed by atoms with Crippen LogP contribution in [0.2, 0.25) is 0 Å². The molecule has 2 N–H and O–H groups in total. The summed E-state index contributed by atoms with van der Waals surface area (Å²) in [6.45, 7) is 3.90. The van der Waals surface area contributed by atoms with Crippen molar-refractivity contribution in [2.24, 2.45) is 0 Å². The van der Waals surface area contributed by atoms with Crippen LogP contribution in [0.25, 0.3) is 0 Å². The van der Waals surface area contributed by atoms with E-state index in [9.17, 15) is 14.4 Å². The molecule has 0 unspecified atom stereocenters. The SMILES string of the molecule is CCCCCCCCCCCCCCC(=O)C(=O)N[C@@H](CC)C(=O)O. The van der Waals surface area contributed by atoms with Gasteiger partial charge >= 0.3 is 5.97 Å². The van der Waals surface area contributed by atoms with E-state index in [0.29, 0.717) is 6.42 Å². The summed E-state index contributed by atoms with van der Waals surface area (Å²) in [7, 11) is 0. The first-order valence-electron chi connectivity index (χ1n) is 10.1. The maximum Gasteiger partial charge on any atom is 0.326 e. The first kappa shape index (κ1) is 23.6. The van der Waals surface area contributed by atoms with Gasteiger partial charge in [-0.1, -0.05) is 84.5 Å². The van der Waals surface area contributed by atoms with E-state index in [1.165, 1.54) is 57.8 Å². The van der Waals surface area contributed by atoms with Gasteiger partial charge in [-0.2, -0.15) is 0 Å². The number of carbonyl (C=O) groups excluding carboxylic acids is 2. The number of carboxylic acids is 1.